The number of rotatable bonds is 7. The van der Waals surface area contributed by atoms with E-state index < -0.39 is 9.84 Å². The summed E-state index contributed by atoms with van der Waals surface area (Å²) < 4.78 is 27.1. The lowest BCUT2D eigenvalue weighted by atomic mass is 10.2. The van der Waals surface area contributed by atoms with Crippen LogP contribution in [-0.4, -0.2) is 43.7 Å². The van der Waals surface area contributed by atoms with Crippen LogP contribution in [0.2, 0.25) is 5.02 Å². The molecule has 1 aromatic carbocycles. The summed E-state index contributed by atoms with van der Waals surface area (Å²) in [4.78, 5) is 4.28. The van der Waals surface area contributed by atoms with Crippen LogP contribution in [0.4, 0.5) is 0 Å². The molecule has 0 spiro atoms. The van der Waals surface area contributed by atoms with Gasteiger partial charge in [0.05, 0.1) is 5.75 Å². The molecule has 0 amide bonds. The van der Waals surface area contributed by atoms with Crippen molar-refractivity contribution in [2.75, 3.05) is 25.1 Å². The quantitative estimate of drug-likeness (QED) is 0.776. The Labute approximate surface area is 128 Å². The van der Waals surface area contributed by atoms with Crippen LogP contribution in [0.1, 0.15) is 5.89 Å². The summed E-state index contributed by atoms with van der Waals surface area (Å²) in [6.45, 7) is 0.995. The van der Waals surface area contributed by atoms with Crippen molar-refractivity contribution >= 4 is 21.4 Å². The predicted octanol–water partition coefficient (Wildman–Crippen LogP) is 1.57. The lowest BCUT2D eigenvalue weighted by molar-refractivity contribution is 0.377. The van der Waals surface area contributed by atoms with Crippen molar-refractivity contribution in [2.24, 2.45) is 0 Å². The fourth-order valence-electron chi connectivity index (χ4n) is 1.65. The number of aromatic nitrogens is 2. The maximum atomic E-state index is 11.0. The Bertz CT molecular complexity index is 683. The van der Waals surface area contributed by atoms with Crippen LogP contribution in [0.5, 0.6) is 0 Å². The zero-order valence-corrected chi connectivity index (χ0v) is 13.1. The molecule has 0 unspecified atom stereocenters. The van der Waals surface area contributed by atoms with E-state index in [0.717, 1.165) is 5.56 Å². The molecule has 2 aromatic rings. The molecule has 1 N–H and O–H groups in total. The molecule has 0 aliphatic rings. The van der Waals surface area contributed by atoms with Crippen molar-refractivity contribution < 1.29 is 12.9 Å². The fourth-order valence-corrected chi connectivity index (χ4v) is 2.29. The van der Waals surface area contributed by atoms with E-state index in [0.29, 0.717) is 36.2 Å². The average Bonchev–Trinajstić information content (AvgIpc) is 2.87. The van der Waals surface area contributed by atoms with E-state index in [1.54, 1.807) is 12.1 Å². The minimum atomic E-state index is -2.93. The fraction of sp³-hybridized carbons (Fsp3) is 0.385. The van der Waals surface area contributed by atoms with Crippen molar-refractivity contribution in [1.82, 2.24) is 15.5 Å². The molecule has 0 atom stereocenters. The summed E-state index contributed by atoms with van der Waals surface area (Å²) in [5.74, 6) is 1.14. The average molecular weight is 330 g/mol. The third-order valence-electron chi connectivity index (χ3n) is 2.74. The Hall–Kier alpha value is -1.44. The van der Waals surface area contributed by atoms with Crippen molar-refractivity contribution in [1.29, 1.82) is 0 Å². The Morgan fingerprint density at radius 3 is 2.62 bits per heavy atom. The third kappa shape index (κ3) is 5.45. The molecular formula is C13H16ClN3O3S. The van der Waals surface area contributed by atoms with Crippen molar-refractivity contribution in [2.45, 2.75) is 6.42 Å². The predicted molar refractivity (Wildman–Crippen MR) is 81.0 cm³/mol. The van der Waals surface area contributed by atoms with Gasteiger partial charge in [-0.05, 0) is 24.3 Å². The summed E-state index contributed by atoms with van der Waals surface area (Å²) in [5.41, 5.74) is 0.833. The largest absolute Gasteiger partial charge is 0.339 e. The first-order valence-electron chi connectivity index (χ1n) is 6.41. The second kappa shape index (κ2) is 7.02. The molecule has 0 aliphatic heterocycles. The SMILES string of the molecule is CS(=O)(=O)CCNCCc1nc(-c2ccc(Cl)cc2)no1. The third-order valence-corrected chi connectivity index (χ3v) is 3.93. The van der Waals surface area contributed by atoms with Gasteiger partial charge in [-0.15, -0.1) is 0 Å². The van der Waals surface area contributed by atoms with Crippen molar-refractivity contribution in [3.8, 4) is 11.4 Å². The Balaban J connectivity index is 1.82. The van der Waals surface area contributed by atoms with Gasteiger partial charge in [0, 0.05) is 36.4 Å². The summed E-state index contributed by atoms with van der Waals surface area (Å²) in [5, 5.41) is 7.57. The molecular weight excluding hydrogens is 314 g/mol. The highest BCUT2D eigenvalue weighted by molar-refractivity contribution is 7.90. The Morgan fingerprint density at radius 2 is 1.95 bits per heavy atom. The number of benzene rings is 1. The molecule has 1 aromatic heterocycles. The molecule has 0 saturated heterocycles. The summed E-state index contributed by atoms with van der Waals surface area (Å²) in [6, 6.07) is 7.17. The smallest absolute Gasteiger partial charge is 0.228 e. The van der Waals surface area contributed by atoms with E-state index in [9.17, 15) is 8.42 Å². The second-order valence-corrected chi connectivity index (χ2v) is 7.34. The number of nitrogens with one attached hydrogen (secondary N) is 1. The van der Waals surface area contributed by atoms with E-state index in [2.05, 4.69) is 15.5 Å². The number of hydrogen-bond acceptors (Lipinski definition) is 6. The summed E-state index contributed by atoms with van der Waals surface area (Å²) >= 11 is 5.82. The van der Waals surface area contributed by atoms with Gasteiger partial charge in [0.1, 0.15) is 9.84 Å². The number of nitrogens with zero attached hydrogens (tertiary/aromatic N) is 2. The van der Waals surface area contributed by atoms with Gasteiger partial charge in [-0.1, -0.05) is 16.8 Å². The first-order chi connectivity index (χ1) is 9.94. The van der Waals surface area contributed by atoms with Crippen LogP contribution >= 0.6 is 11.6 Å². The topological polar surface area (TPSA) is 85.1 Å². The van der Waals surface area contributed by atoms with E-state index >= 15 is 0 Å². The molecule has 8 heteroatoms. The van der Waals surface area contributed by atoms with Crippen LogP contribution in [0, 0.1) is 0 Å². The maximum absolute atomic E-state index is 11.0. The minimum absolute atomic E-state index is 0.118. The standard InChI is InChI=1S/C13H16ClN3O3S/c1-21(18,19)9-8-15-7-6-12-16-13(17-20-12)10-2-4-11(14)5-3-10/h2-5,15H,6-9H2,1H3. The van der Waals surface area contributed by atoms with E-state index in [4.69, 9.17) is 16.1 Å². The van der Waals surface area contributed by atoms with E-state index in [1.807, 2.05) is 12.1 Å². The second-order valence-electron chi connectivity index (χ2n) is 4.65. The van der Waals surface area contributed by atoms with Gasteiger partial charge < -0.3 is 9.84 Å². The summed E-state index contributed by atoms with van der Waals surface area (Å²) in [7, 11) is -2.93. The number of halogens is 1. The highest BCUT2D eigenvalue weighted by Crippen LogP contribution is 2.18. The highest BCUT2D eigenvalue weighted by Gasteiger charge is 2.08. The lowest BCUT2D eigenvalue weighted by Gasteiger charge is -2.00. The first kappa shape index (κ1) is 15.9. The van der Waals surface area contributed by atoms with Crippen molar-refractivity contribution in [3.05, 3.63) is 35.2 Å². The van der Waals surface area contributed by atoms with Gasteiger partial charge in [0.25, 0.3) is 0 Å². The Kier molecular flexibility index (Phi) is 5.33. The molecule has 0 aliphatic carbocycles. The molecule has 21 heavy (non-hydrogen) atoms. The molecule has 0 fully saturated rings. The molecule has 6 nitrogen and oxygen atoms in total. The van der Waals surface area contributed by atoms with Gasteiger partial charge in [-0.25, -0.2) is 8.42 Å². The molecule has 1 heterocycles. The number of sulfone groups is 1. The van der Waals surface area contributed by atoms with Crippen molar-refractivity contribution in [3.63, 3.8) is 0 Å². The van der Waals surface area contributed by atoms with Gasteiger partial charge in [-0.2, -0.15) is 4.98 Å². The lowest BCUT2D eigenvalue weighted by Crippen LogP contribution is -2.24. The first-order valence-corrected chi connectivity index (χ1v) is 8.85. The molecule has 114 valence electrons. The monoisotopic (exact) mass is 329 g/mol. The van der Waals surface area contributed by atoms with Crippen LogP contribution < -0.4 is 5.32 Å². The van der Waals surface area contributed by atoms with Gasteiger partial charge >= 0.3 is 0 Å². The zero-order chi connectivity index (χ0) is 15.3. The van der Waals surface area contributed by atoms with E-state index in [1.165, 1.54) is 6.26 Å². The maximum Gasteiger partial charge on any atom is 0.228 e. The summed E-state index contributed by atoms with van der Waals surface area (Å²) in [6.07, 6.45) is 1.76. The van der Waals surface area contributed by atoms with Gasteiger partial charge in [0.2, 0.25) is 11.7 Å². The van der Waals surface area contributed by atoms with Crippen LogP contribution in [-0.2, 0) is 16.3 Å². The minimum Gasteiger partial charge on any atom is -0.339 e. The highest BCUT2D eigenvalue weighted by atomic mass is 35.5. The van der Waals surface area contributed by atoms with Crippen LogP contribution in [0.15, 0.2) is 28.8 Å². The van der Waals surface area contributed by atoms with Gasteiger partial charge in [-0.3, -0.25) is 0 Å². The molecule has 2 rings (SSSR count). The Morgan fingerprint density at radius 1 is 1.24 bits per heavy atom. The molecule has 0 saturated carbocycles. The van der Waals surface area contributed by atoms with Crippen LogP contribution in [0.3, 0.4) is 0 Å². The molecule has 0 bridgehead atoms. The van der Waals surface area contributed by atoms with Crippen LogP contribution in [0.25, 0.3) is 11.4 Å². The number of hydrogen-bond donors (Lipinski definition) is 1. The van der Waals surface area contributed by atoms with E-state index in [-0.39, 0.29) is 5.75 Å². The van der Waals surface area contributed by atoms with Gasteiger partial charge in [0.15, 0.2) is 0 Å². The zero-order valence-electron chi connectivity index (χ0n) is 11.5. The molecule has 0 radical (unpaired) electrons. The normalized spacial score (nSPS) is 11.7.